The first-order valence-electron chi connectivity index (χ1n) is 10.7. The Bertz CT molecular complexity index is 996. The third-order valence-corrected chi connectivity index (χ3v) is 5.15. The fourth-order valence-corrected chi connectivity index (χ4v) is 3.36. The Balaban J connectivity index is 1.85. The molecule has 3 rings (SSSR count). The second-order valence-corrected chi connectivity index (χ2v) is 7.20. The van der Waals surface area contributed by atoms with Crippen molar-refractivity contribution in [1.29, 1.82) is 0 Å². The summed E-state index contributed by atoms with van der Waals surface area (Å²) >= 11 is 0. The van der Waals surface area contributed by atoms with Gasteiger partial charge in [-0.25, -0.2) is 9.97 Å². The maximum atomic E-state index is 9.41. The maximum Gasteiger partial charge on any atom is 0.316 e. The van der Waals surface area contributed by atoms with Crippen LogP contribution in [0.15, 0.2) is 60.3 Å². The average Bonchev–Trinajstić information content (AvgIpc) is 2.88. The van der Waals surface area contributed by atoms with E-state index in [2.05, 4.69) is 31.6 Å². The summed E-state index contributed by atoms with van der Waals surface area (Å²) in [6, 6.07) is 6.08. The molecule has 0 atom stereocenters. The first kappa shape index (κ1) is 23.9. The Hall–Kier alpha value is -3.72. The minimum Gasteiger partial charge on any atom is -0.497 e. The van der Waals surface area contributed by atoms with E-state index in [1.165, 1.54) is 7.11 Å². The van der Waals surface area contributed by atoms with E-state index in [-0.39, 0.29) is 6.61 Å². The number of methoxy groups -OCH3 is 3. The van der Waals surface area contributed by atoms with Crippen LogP contribution in [-0.2, 0) is 0 Å². The highest BCUT2D eigenvalue weighted by molar-refractivity contribution is 5.67. The lowest BCUT2D eigenvalue weighted by Crippen LogP contribution is -2.30. The monoisotopic (exact) mass is 453 g/mol. The number of hydrogen-bond acceptors (Lipinski definition) is 9. The SMILES string of the molecule is C/C=C1/NC=C(c2cnc(OC)nc2)N/C1=C/CN(CCCO)c1cc(OC)cc(OC)c1. The van der Waals surface area contributed by atoms with Crippen LogP contribution in [-0.4, -0.2) is 56.1 Å². The predicted octanol–water partition coefficient (Wildman–Crippen LogP) is 2.67. The van der Waals surface area contributed by atoms with Crippen molar-refractivity contribution in [3.05, 3.63) is 65.9 Å². The van der Waals surface area contributed by atoms with Gasteiger partial charge in [-0.15, -0.1) is 0 Å². The lowest BCUT2D eigenvalue weighted by Gasteiger charge is -2.27. The molecule has 0 saturated carbocycles. The van der Waals surface area contributed by atoms with Gasteiger partial charge in [0.25, 0.3) is 0 Å². The van der Waals surface area contributed by atoms with Crippen molar-refractivity contribution in [2.75, 3.05) is 45.9 Å². The second-order valence-electron chi connectivity index (χ2n) is 7.20. The van der Waals surface area contributed by atoms with Crippen LogP contribution >= 0.6 is 0 Å². The molecule has 9 nitrogen and oxygen atoms in total. The van der Waals surface area contributed by atoms with Crippen molar-refractivity contribution in [1.82, 2.24) is 20.6 Å². The number of allylic oxidation sites excluding steroid dienone is 1. The third-order valence-electron chi connectivity index (χ3n) is 5.15. The highest BCUT2D eigenvalue weighted by atomic mass is 16.5. The van der Waals surface area contributed by atoms with E-state index < -0.39 is 0 Å². The molecule has 2 aromatic rings. The van der Waals surface area contributed by atoms with Crippen LogP contribution in [0.1, 0.15) is 18.9 Å². The number of aliphatic hydroxyl groups excluding tert-OH is 1. The van der Waals surface area contributed by atoms with Gasteiger partial charge in [0.05, 0.1) is 38.4 Å². The first-order chi connectivity index (χ1) is 16.1. The van der Waals surface area contributed by atoms with Gasteiger partial charge >= 0.3 is 6.01 Å². The summed E-state index contributed by atoms with van der Waals surface area (Å²) in [5.41, 5.74) is 4.51. The van der Waals surface area contributed by atoms with Gasteiger partial charge in [0.1, 0.15) is 11.5 Å². The second kappa shape index (κ2) is 11.8. The van der Waals surface area contributed by atoms with Crippen LogP contribution < -0.4 is 29.7 Å². The smallest absolute Gasteiger partial charge is 0.316 e. The molecule has 0 spiro atoms. The molecule has 1 aromatic heterocycles. The zero-order valence-electron chi connectivity index (χ0n) is 19.5. The number of anilines is 1. The van der Waals surface area contributed by atoms with Crippen LogP contribution in [0.25, 0.3) is 5.70 Å². The van der Waals surface area contributed by atoms with Gasteiger partial charge in [0.2, 0.25) is 0 Å². The molecule has 2 heterocycles. The van der Waals surface area contributed by atoms with Gasteiger partial charge in [-0.3, -0.25) is 0 Å². The molecular formula is C24H31N5O4. The minimum atomic E-state index is 0.110. The van der Waals surface area contributed by atoms with Gasteiger partial charge in [-0.2, -0.15) is 0 Å². The Morgan fingerprint density at radius 3 is 2.27 bits per heavy atom. The normalized spacial score (nSPS) is 15.5. The highest BCUT2D eigenvalue weighted by Gasteiger charge is 2.16. The summed E-state index contributed by atoms with van der Waals surface area (Å²) in [5.74, 6) is 1.42. The summed E-state index contributed by atoms with van der Waals surface area (Å²) in [6.07, 6.45) is 10.0. The predicted molar refractivity (Wildman–Crippen MR) is 128 cm³/mol. The van der Waals surface area contributed by atoms with Gasteiger partial charge in [0.15, 0.2) is 0 Å². The summed E-state index contributed by atoms with van der Waals surface area (Å²) in [7, 11) is 4.80. The van der Waals surface area contributed by atoms with E-state index in [0.717, 1.165) is 28.3 Å². The van der Waals surface area contributed by atoms with Crippen LogP contribution in [0.5, 0.6) is 17.5 Å². The van der Waals surface area contributed by atoms with Crippen LogP contribution in [0.3, 0.4) is 0 Å². The lowest BCUT2D eigenvalue weighted by atomic mass is 10.1. The highest BCUT2D eigenvalue weighted by Crippen LogP contribution is 2.29. The molecular weight excluding hydrogens is 422 g/mol. The molecule has 0 aliphatic carbocycles. The van der Waals surface area contributed by atoms with Crippen molar-refractivity contribution in [3.63, 3.8) is 0 Å². The van der Waals surface area contributed by atoms with E-state index in [1.54, 1.807) is 26.6 Å². The molecule has 1 aliphatic heterocycles. The number of aliphatic hydroxyl groups is 1. The number of benzene rings is 1. The Morgan fingerprint density at radius 2 is 1.70 bits per heavy atom. The minimum absolute atomic E-state index is 0.110. The summed E-state index contributed by atoms with van der Waals surface area (Å²) < 4.78 is 15.9. The van der Waals surface area contributed by atoms with E-state index in [1.807, 2.05) is 37.4 Å². The van der Waals surface area contributed by atoms with Crippen LogP contribution in [0, 0.1) is 0 Å². The molecule has 9 heteroatoms. The average molecular weight is 454 g/mol. The standard InChI is InChI=1S/C24H31N5O4/c1-5-21-22(28-23(16-25-21)17-14-26-24(33-4)27-15-17)7-9-29(8-6-10-30)18-11-19(31-2)13-20(12-18)32-3/h5,7,11-16,25,28,30H,6,8-10H2,1-4H3/b21-5+,22-7+. The Morgan fingerprint density at radius 1 is 1.00 bits per heavy atom. The molecule has 176 valence electrons. The van der Waals surface area contributed by atoms with Crippen molar-refractivity contribution in [3.8, 4) is 17.5 Å². The molecule has 0 fully saturated rings. The first-order valence-corrected chi connectivity index (χ1v) is 10.7. The largest absolute Gasteiger partial charge is 0.497 e. The number of rotatable bonds is 10. The Kier molecular flexibility index (Phi) is 8.54. The maximum absolute atomic E-state index is 9.41. The number of hydrogen-bond donors (Lipinski definition) is 3. The van der Waals surface area contributed by atoms with E-state index in [9.17, 15) is 5.11 Å². The van der Waals surface area contributed by atoms with Gasteiger partial charge in [0, 0.05) is 67.7 Å². The quantitative estimate of drug-likeness (QED) is 0.501. The molecule has 3 N–H and O–H groups in total. The fourth-order valence-electron chi connectivity index (χ4n) is 3.36. The number of ether oxygens (including phenoxy) is 3. The molecule has 1 aromatic carbocycles. The summed E-state index contributed by atoms with van der Waals surface area (Å²) in [5, 5.41) is 16.2. The topological polar surface area (TPSA) is 101 Å². The summed E-state index contributed by atoms with van der Waals surface area (Å²) in [6.45, 7) is 3.36. The van der Waals surface area contributed by atoms with Gasteiger partial charge in [-0.05, 0) is 19.4 Å². The van der Waals surface area contributed by atoms with Gasteiger partial charge < -0.3 is 34.9 Å². The molecule has 1 aliphatic rings. The van der Waals surface area contributed by atoms with Crippen LogP contribution in [0.2, 0.25) is 0 Å². The third kappa shape index (κ3) is 6.17. The van der Waals surface area contributed by atoms with Crippen LogP contribution in [0.4, 0.5) is 5.69 Å². The molecule has 0 bridgehead atoms. The van der Waals surface area contributed by atoms with Crippen molar-refractivity contribution in [2.24, 2.45) is 0 Å². The molecule has 0 unspecified atom stereocenters. The van der Waals surface area contributed by atoms with E-state index in [0.29, 0.717) is 37.0 Å². The zero-order chi connectivity index (χ0) is 23.6. The van der Waals surface area contributed by atoms with E-state index >= 15 is 0 Å². The van der Waals surface area contributed by atoms with E-state index in [4.69, 9.17) is 14.2 Å². The summed E-state index contributed by atoms with van der Waals surface area (Å²) in [4.78, 5) is 10.5. The van der Waals surface area contributed by atoms with Crippen molar-refractivity contribution >= 4 is 11.4 Å². The number of aromatic nitrogens is 2. The molecule has 0 amide bonds. The number of nitrogens with zero attached hydrogens (tertiary/aromatic N) is 3. The fraction of sp³-hybridized carbons (Fsp3) is 0.333. The van der Waals surface area contributed by atoms with Gasteiger partial charge in [-0.1, -0.05) is 6.08 Å². The molecule has 0 saturated heterocycles. The molecule has 33 heavy (non-hydrogen) atoms. The lowest BCUT2D eigenvalue weighted by molar-refractivity contribution is 0.290. The molecule has 0 radical (unpaired) electrons. The Labute approximate surface area is 194 Å². The van der Waals surface area contributed by atoms with Crippen molar-refractivity contribution < 1.29 is 19.3 Å². The van der Waals surface area contributed by atoms with Crippen molar-refractivity contribution in [2.45, 2.75) is 13.3 Å². The zero-order valence-corrected chi connectivity index (χ0v) is 19.5. The number of nitrogens with one attached hydrogen (secondary N) is 2.